The van der Waals surface area contributed by atoms with Gasteiger partial charge >= 0.3 is 0 Å². The minimum atomic E-state index is -0.538. The van der Waals surface area contributed by atoms with Gasteiger partial charge in [-0.15, -0.1) is 0 Å². The number of β-amino-alcohol motifs (C(OH)–C–C–N with tert-alkyl or cyclic N) is 1. The van der Waals surface area contributed by atoms with Gasteiger partial charge in [0.15, 0.2) is 0 Å². The first-order valence-electron chi connectivity index (χ1n) is 10.6. The molecule has 0 aromatic heterocycles. The molecule has 0 saturated carbocycles. The SMILES string of the molecule is Cc1ccccc1OCC(O)CN1CCN(CC(=O)Nc2c(C)cccc2C)CC1. The highest BCUT2D eigenvalue weighted by Crippen LogP contribution is 2.19. The Kier molecular flexibility index (Phi) is 7.85. The largest absolute Gasteiger partial charge is 0.491 e. The highest BCUT2D eigenvalue weighted by Gasteiger charge is 2.21. The molecule has 1 atom stereocenters. The van der Waals surface area contributed by atoms with Gasteiger partial charge in [-0.25, -0.2) is 0 Å². The van der Waals surface area contributed by atoms with Crippen LogP contribution in [0.1, 0.15) is 16.7 Å². The number of nitrogens with one attached hydrogen (secondary N) is 1. The maximum absolute atomic E-state index is 12.5. The van der Waals surface area contributed by atoms with Crippen LogP contribution in [0.3, 0.4) is 0 Å². The van der Waals surface area contributed by atoms with Crippen molar-refractivity contribution in [1.29, 1.82) is 0 Å². The zero-order chi connectivity index (χ0) is 21.5. The lowest BCUT2D eigenvalue weighted by Gasteiger charge is -2.35. The number of para-hydroxylation sites is 2. The van der Waals surface area contributed by atoms with E-state index >= 15 is 0 Å². The van der Waals surface area contributed by atoms with Gasteiger partial charge in [-0.2, -0.15) is 0 Å². The Bertz CT molecular complexity index is 827. The van der Waals surface area contributed by atoms with E-state index in [4.69, 9.17) is 4.74 Å². The number of rotatable bonds is 8. The van der Waals surface area contributed by atoms with Gasteiger partial charge in [0, 0.05) is 38.4 Å². The minimum absolute atomic E-state index is 0.0208. The van der Waals surface area contributed by atoms with Crippen molar-refractivity contribution >= 4 is 11.6 Å². The lowest BCUT2D eigenvalue weighted by atomic mass is 10.1. The normalized spacial score (nSPS) is 16.3. The van der Waals surface area contributed by atoms with Crippen LogP contribution in [0.5, 0.6) is 5.75 Å². The molecule has 0 aliphatic carbocycles. The molecule has 0 spiro atoms. The number of hydrogen-bond donors (Lipinski definition) is 2. The van der Waals surface area contributed by atoms with E-state index in [2.05, 4.69) is 15.1 Å². The van der Waals surface area contributed by atoms with Crippen LogP contribution in [0, 0.1) is 20.8 Å². The maximum atomic E-state index is 12.5. The Morgan fingerprint density at radius 1 is 0.967 bits per heavy atom. The van der Waals surface area contributed by atoms with E-state index in [9.17, 15) is 9.90 Å². The van der Waals surface area contributed by atoms with Crippen LogP contribution >= 0.6 is 0 Å². The summed E-state index contributed by atoms with van der Waals surface area (Å²) in [7, 11) is 0. The quantitative estimate of drug-likeness (QED) is 0.699. The van der Waals surface area contributed by atoms with Gasteiger partial charge in [-0.05, 0) is 43.5 Å². The van der Waals surface area contributed by atoms with Gasteiger partial charge in [0.2, 0.25) is 5.91 Å². The molecule has 1 saturated heterocycles. The number of aliphatic hydroxyl groups is 1. The highest BCUT2D eigenvalue weighted by molar-refractivity contribution is 5.93. The van der Waals surface area contributed by atoms with E-state index in [0.717, 1.165) is 54.3 Å². The van der Waals surface area contributed by atoms with E-state index in [-0.39, 0.29) is 12.5 Å². The van der Waals surface area contributed by atoms with Gasteiger partial charge in [-0.3, -0.25) is 14.6 Å². The molecule has 1 aliphatic rings. The Balaban J connectivity index is 1.38. The number of hydrogen-bond acceptors (Lipinski definition) is 5. The standard InChI is InChI=1S/C24H33N3O3/c1-18-7-4-5-10-22(18)30-17-21(28)15-26-11-13-27(14-12-26)16-23(29)25-24-19(2)8-6-9-20(24)3/h4-10,21,28H,11-17H2,1-3H3,(H,25,29). The summed E-state index contributed by atoms with van der Waals surface area (Å²) in [5.41, 5.74) is 4.14. The first kappa shape index (κ1) is 22.3. The molecule has 2 aromatic rings. The average molecular weight is 412 g/mol. The molecule has 1 fully saturated rings. The molecule has 30 heavy (non-hydrogen) atoms. The summed E-state index contributed by atoms with van der Waals surface area (Å²) in [5, 5.41) is 13.4. The van der Waals surface area contributed by atoms with Gasteiger partial charge in [-0.1, -0.05) is 36.4 Å². The van der Waals surface area contributed by atoms with Gasteiger partial charge in [0.25, 0.3) is 0 Å². The molecular formula is C24H33N3O3. The average Bonchev–Trinajstić information content (AvgIpc) is 2.72. The topological polar surface area (TPSA) is 65.0 Å². The second kappa shape index (κ2) is 10.6. The third-order valence-electron chi connectivity index (χ3n) is 5.57. The molecule has 2 aromatic carbocycles. The first-order valence-corrected chi connectivity index (χ1v) is 10.6. The van der Waals surface area contributed by atoms with Crippen LogP contribution < -0.4 is 10.1 Å². The predicted molar refractivity (Wildman–Crippen MR) is 120 cm³/mol. The number of carbonyl (C=O) groups excluding carboxylic acids is 1. The molecule has 0 radical (unpaired) electrons. The van der Waals surface area contributed by atoms with Crippen molar-refractivity contribution in [2.75, 3.05) is 51.2 Å². The van der Waals surface area contributed by atoms with Crippen molar-refractivity contribution in [2.24, 2.45) is 0 Å². The van der Waals surface area contributed by atoms with E-state index < -0.39 is 6.10 Å². The maximum Gasteiger partial charge on any atom is 0.238 e. The van der Waals surface area contributed by atoms with Crippen molar-refractivity contribution in [3.8, 4) is 5.75 Å². The number of anilines is 1. The molecular weight excluding hydrogens is 378 g/mol. The number of piperazine rings is 1. The monoisotopic (exact) mass is 411 g/mol. The fourth-order valence-corrected chi connectivity index (χ4v) is 3.78. The van der Waals surface area contributed by atoms with Crippen molar-refractivity contribution in [1.82, 2.24) is 9.80 Å². The fourth-order valence-electron chi connectivity index (χ4n) is 3.78. The van der Waals surface area contributed by atoms with E-state index in [0.29, 0.717) is 13.1 Å². The molecule has 6 nitrogen and oxygen atoms in total. The van der Waals surface area contributed by atoms with Crippen LogP contribution in [0.2, 0.25) is 0 Å². The van der Waals surface area contributed by atoms with Crippen molar-refractivity contribution in [3.63, 3.8) is 0 Å². The van der Waals surface area contributed by atoms with Gasteiger partial charge < -0.3 is 15.2 Å². The molecule has 1 aliphatic heterocycles. The summed E-state index contributed by atoms with van der Waals surface area (Å²) < 4.78 is 5.75. The zero-order valence-electron chi connectivity index (χ0n) is 18.2. The van der Waals surface area contributed by atoms with Crippen LogP contribution in [-0.2, 0) is 4.79 Å². The molecule has 1 amide bonds. The Morgan fingerprint density at radius 3 is 2.23 bits per heavy atom. The number of aryl methyl sites for hydroxylation is 3. The summed E-state index contributed by atoms with van der Waals surface area (Å²) in [6.45, 7) is 10.5. The predicted octanol–water partition coefficient (Wildman–Crippen LogP) is 2.61. The third kappa shape index (κ3) is 6.29. The Morgan fingerprint density at radius 2 is 1.57 bits per heavy atom. The molecule has 1 heterocycles. The van der Waals surface area contributed by atoms with Crippen molar-refractivity contribution < 1.29 is 14.6 Å². The summed E-state index contributed by atoms with van der Waals surface area (Å²) in [4.78, 5) is 16.9. The summed E-state index contributed by atoms with van der Waals surface area (Å²) in [6, 6.07) is 13.8. The number of amides is 1. The van der Waals surface area contributed by atoms with Crippen LogP contribution in [-0.4, -0.2) is 72.8 Å². The number of ether oxygens (including phenoxy) is 1. The van der Waals surface area contributed by atoms with Gasteiger partial charge in [0.05, 0.1) is 6.54 Å². The highest BCUT2D eigenvalue weighted by atomic mass is 16.5. The molecule has 162 valence electrons. The Labute approximate surface area is 179 Å². The van der Waals surface area contributed by atoms with Gasteiger partial charge in [0.1, 0.15) is 18.5 Å². The number of benzene rings is 2. The number of carbonyl (C=O) groups is 1. The Hall–Kier alpha value is -2.41. The minimum Gasteiger partial charge on any atom is -0.491 e. The molecule has 0 bridgehead atoms. The third-order valence-corrected chi connectivity index (χ3v) is 5.57. The summed E-state index contributed by atoms with van der Waals surface area (Å²) in [6.07, 6.45) is -0.538. The van der Waals surface area contributed by atoms with Crippen molar-refractivity contribution in [2.45, 2.75) is 26.9 Å². The molecule has 6 heteroatoms. The second-order valence-electron chi connectivity index (χ2n) is 8.12. The number of nitrogens with zero attached hydrogens (tertiary/aromatic N) is 2. The summed E-state index contributed by atoms with van der Waals surface area (Å²) >= 11 is 0. The second-order valence-corrected chi connectivity index (χ2v) is 8.12. The van der Waals surface area contributed by atoms with E-state index in [1.807, 2.05) is 63.2 Å². The number of aliphatic hydroxyl groups excluding tert-OH is 1. The fraction of sp³-hybridized carbons (Fsp3) is 0.458. The zero-order valence-corrected chi connectivity index (χ0v) is 18.2. The van der Waals surface area contributed by atoms with Crippen LogP contribution in [0.4, 0.5) is 5.69 Å². The van der Waals surface area contributed by atoms with E-state index in [1.54, 1.807) is 0 Å². The molecule has 1 unspecified atom stereocenters. The van der Waals surface area contributed by atoms with Crippen LogP contribution in [0.15, 0.2) is 42.5 Å². The lowest BCUT2D eigenvalue weighted by Crippen LogP contribution is -2.50. The molecule has 3 rings (SSSR count). The first-order chi connectivity index (χ1) is 14.4. The summed E-state index contributed by atoms with van der Waals surface area (Å²) in [5.74, 6) is 0.837. The lowest BCUT2D eigenvalue weighted by molar-refractivity contribution is -0.117. The molecule has 2 N–H and O–H groups in total. The van der Waals surface area contributed by atoms with Crippen molar-refractivity contribution in [3.05, 3.63) is 59.2 Å². The van der Waals surface area contributed by atoms with E-state index in [1.165, 1.54) is 0 Å². The smallest absolute Gasteiger partial charge is 0.238 e. The van der Waals surface area contributed by atoms with Crippen LogP contribution in [0.25, 0.3) is 0 Å².